The molecule has 0 aliphatic carbocycles. The highest BCUT2D eigenvalue weighted by Crippen LogP contribution is 2.18. The first-order chi connectivity index (χ1) is 14.1. The molecule has 0 saturated carbocycles. The lowest BCUT2D eigenvalue weighted by atomic mass is 10.2. The van der Waals surface area contributed by atoms with Gasteiger partial charge < -0.3 is 15.1 Å². The second-order valence-electron chi connectivity index (χ2n) is 7.03. The molecule has 2 aromatic carbocycles. The van der Waals surface area contributed by atoms with Crippen LogP contribution in [-0.2, 0) is 9.59 Å². The maximum Gasteiger partial charge on any atom is 0.252 e. The molecule has 0 bridgehead atoms. The number of halogens is 1. The number of rotatable bonds is 4. The molecule has 0 spiro atoms. The van der Waals surface area contributed by atoms with Gasteiger partial charge in [-0.2, -0.15) is 0 Å². The van der Waals surface area contributed by atoms with Crippen LogP contribution in [0, 0.1) is 0 Å². The molecule has 8 heteroatoms. The Morgan fingerprint density at radius 3 is 2.38 bits per heavy atom. The van der Waals surface area contributed by atoms with Crippen LogP contribution in [-0.4, -0.2) is 54.9 Å². The highest BCUT2D eigenvalue weighted by Gasteiger charge is 2.32. The SMILES string of the molecule is O=C(C[C@@H]1N=C(N2CCN(c3ccccc3)CC2)NC1=O)Nc1ccc(Cl)cc1. The summed E-state index contributed by atoms with van der Waals surface area (Å²) in [4.78, 5) is 33.4. The van der Waals surface area contributed by atoms with E-state index in [1.807, 2.05) is 18.2 Å². The first-order valence-corrected chi connectivity index (χ1v) is 9.95. The van der Waals surface area contributed by atoms with Gasteiger partial charge in [-0.25, -0.2) is 4.99 Å². The van der Waals surface area contributed by atoms with Crippen LogP contribution in [0.2, 0.25) is 5.02 Å². The predicted octanol–water partition coefficient (Wildman–Crippen LogP) is 2.35. The van der Waals surface area contributed by atoms with E-state index in [2.05, 4.69) is 37.6 Å². The summed E-state index contributed by atoms with van der Waals surface area (Å²) >= 11 is 5.85. The smallest absolute Gasteiger partial charge is 0.252 e. The minimum Gasteiger partial charge on any atom is -0.368 e. The minimum absolute atomic E-state index is 0.00192. The number of guanidine groups is 1. The molecule has 2 aliphatic rings. The van der Waals surface area contributed by atoms with Gasteiger partial charge in [-0.05, 0) is 36.4 Å². The van der Waals surface area contributed by atoms with Crippen LogP contribution in [0.1, 0.15) is 6.42 Å². The van der Waals surface area contributed by atoms with Crippen molar-refractivity contribution in [2.45, 2.75) is 12.5 Å². The number of piperazine rings is 1. The number of nitrogens with one attached hydrogen (secondary N) is 2. The first-order valence-electron chi connectivity index (χ1n) is 9.57. The monoisotopic (exact) mass is 411 g/mol. The Kier molecular flexibility index (Phi) is 5.67. The molecule has 2 N–H and O–H groups in total. The molecule has 1 atom stereocenters. The van der Waals surface area contributed by atoms with Crippen molar-refractivity contribution in [2.24, 2.45) is 4.99 Å². The van der Waals surface area contributed by atoms with Crippen LogP contribution in [0.3, 0.4) is 0 Å². The summed E-state index contributed by atoms with van der Waals surface area (Å²) in [6.07, 6.45) is 0.00192. The number of carbonyl (C=O) groups excluding carboxylic acids is 2. The van der Waals surface area contributed by atoms with E-state index in [0.717, 1.165) is 26.2 Å². The Hall–Kier alpha value is -3.06. The van der Waals surface area contributed by atoms with Gasteiger partial charge in [0.1, 0.15) is 6.04 Å². The largest absolute Gasteiger partial charge is 0.368 e. The lowest BCUT2D eigenvalue weighted by molar-refractivity contribution is -0.123. The third-order valence-corrected chi connectivity index (χ3v) is 5.28. The Morgan fingerprint density at radius 2 is 1.69 bits per heavy atom. The number of para-hydroxylation sites is 1. The second-order valence-corrected chi connectivity index (χ2v) is 7.46. The molecule has 2 aliphatic heterocycles. The quantitative estimate of drug-likeness (QED) is 0.809. The van der Waals surface area contributed by atoms with E-state index in [9.17, 15) is 9.59 Å². The maximum absolute atomic E-state index is 12.3. The average molecular weight is 412 g/mol. The van der Waals surface area contributed by atoms with Crippen molar-refractivity contribution in [1.82, 2.24) is 10.2 Å². The summed E-state index contributed by atoms with van der Waals surface area (Å²) in [7, 11) is 0. The van der Waals surface area contributed by atoms with Crippen molar-refractivity contribution in [2.75, 3.05) is 36.4 Å². The van der Waals surface area contributed by atoms with Crippen LogP contribution in [0.5, 0.6) is 0 Å². The maximum atomic E-state index is 12.3. The summed E-state index contributed by atoms with van der Waals surface area (Å²) < 4.78 is 0. The molecule has 0 radical (unpaired) electrons. The molecular formula is C21H22ClN5O2. The molecule has 29 heavy (non-hydrogen) atoms. The lowest BCUT2D eigenvalue weighted by Crippen LogP contribution is -2.52. The zero-order chi connectivity index (χ0) is 20.2. The molecule has 0 unspecified atom stereocenters. The molecule has 2 aromatic rings. The Bertz CT molecular complexity index is 908. The average Bonchev–Trinajstić information content (AvgIpc) is 3.10. The molecule has 4 rings (SSSR count). The van der Waals surface area contributed by atoms with Crippen molar-refractivity contribution in [1.29, 1.82) is 0 Å². The van der Waals surface area contributed by atoms with Crippen LogP contribution in [0.15, 0.2) is 59.6 Å². The molecule has 1 fully saturated rings. The van der Waals surface area contributed by atoms with Crippen molar-refractivity contribution in [3.63, 3.8) is 0 Å². The first kappa shape index (κ1) is 19.3. The van der Waals surface area contributed by atoms with Crippen LogP contribution in [0.4, 0.5) is 11.4 Å². The molecular weight excluding hydrogens is 390 g/mol. The minimum atomic E-state index is -0.704. The van der Waals surface area contributed by atoms with Gasteiger partial charge in [0, 0.05) is 42.6 Å². The van der Waals surface area contributed by atoms with Crippen LogP contribution < -0.4 is 15.5 Å². The van der Waals surface area contributed by atoms with Gasteiger partial charge in [-0.3, -0.25) is 14.9 Å². The van der Waals surface area contributed by atoms with E-state index in [-0.39, 0.29) is 18.2 Å². The fourth-order valence-corrected chi connectivity index (χ4v) is 3.59. The fraction of sp³-hybridized carbons (Fsp3) is 0.286. The summed E-state index contributed by atoms with van der Waals surface area (Å²) in [5.74, 6) is 0.0649. The van der Waals surface area contributed by atoms with Crippen molar-refractivity contribution in [3.8, 4) is 0 Å². The number of nitrogens with zero attached hydrogens (tertiary/aromatic N) is 3. The summed E-state index contributed by atoms with van der Waals surface area (Å²) in [5.41, 5.74) is 1.83. The number of aliphatic imine (C=N–C) groups is 1. The van der Waals surface area contributed by atoms with E-state index in [4.69, 9.17) is 11.6 Å². The van der Waals surface area contributed by atoms with E-state index in [1.54, 1.807) is 24.3 Å². The topological polar surface area (TPSA) is 77.0 Å². The number of carbonyl (C=O) groups is 2. The van der Waals surface area contributed by atoms with E-state index in [1.165, 1.54) is 5.69 Å². The van der Waals surface area contributed by atoms with Gasteiger partial charge in [-0.1, -0.05) is 29.8 Å². The van der Waals surface area contributed by atoms with Crippen molar-refractivity contribution >= 4 is 40.7 Å². The van der Waals surface area contributed by atoms with Gasteiger partial charge in [-0.15, -0.1) is 0 Å². The van der Waals surface area contributed by atoms with Gasteiger partial charge >= 0.3 is 0 Å². The lowest BCUT2D eigenvalue weighted by Gasteiger charge is -2.36. The summed E-state index contributed by atoms with van der Waals surface area (Å²) in [5, 5.41) is 6.19. The van der Waals surface area contributed by atoms with Crippen LogP contribution >= 0.6 is 11.6 Å². The van der Waals surface area contributed by atoms with Gasteiger partial charge in [0.05, 0.1) is 6.42 Å². The molecule has 0 aromatic heterocycles. The number of hydrogen-bond acceptors (Lipinski definition) is 5. The second kappa shape index (κ2) is 8.53. The Labute approximate surface area is 174 Å². The van der Waals surface area contributed by atoms with Gasteiger partial charge in [0.2, 0.25) is 11.9 Å². The zero-order valence-corrected chi connectivity index (χ0v) is 16.6. The highest BCUT2D eigenvalue weighted by atomic mass is 35.5. The normalized spacial score (nSPS) is 19.0. The number of anilines is 2. The predicted molar refractivity (Wildman–Crippen MR) is 114 cm³/mol. The van der Waals surface area contributed by atoms with E-state index in [0.29, 0.717) is 16.7 Å². The third kappa shape index (κ3) is 4.68. The summed E-state index contributed by atoms with van der Waals surface area (Å²) in [6, 6.07) is 16.4. The highest BCUT2D eigenvalue weighted by molar-refractivity contribution is 6.30. The van der Waals surface area contributed by atoms with Gasteiger partial charge in [0.25, 0.3) is 5.91 Å². The number of hydrogen-bond donors (Lipinski definition) is 2. The molecule has 2 amide bonds. The molecule has 2 heterocycles. The molecule has 150 valence electrons. The number of benzene rings is 2. The van der Waals surface area contributed by atoms with Crippen molar-refractivity contribution in [3.05, 3.63) is 59.6 Å². The third-order valence-electron chi connectivity index (χ3n) is 5.02. The van der Waals surface area contributed by atoms with Crippen LogP contribution in [0.25, 0.3) is 0 Å². The molecule has 7 nitrogen and oxygen atoms in total. The standard InChI is InChI=1S/C21H22ClN5O2/c22-15-6-8-16(9-7-15)23-19(28)14-18-20(29)25-21(24-18)27-12-10-26(11-13-27)17-4-2-1-3-5-17/h1-9,18H,10-14H2,(H,23,28)(H,24,25,29)/t18-/m0/s1. The Balaban J connectivity index is 1.32. The van der Waals surface area contributed by atoms with Gasteiger partial charge in [0.15, 0.2) is 0 Å². The fourth-order valence-electron chi connectivity index (χ4n) is 3.47. The number of amides is 2. The van der Waals surface area contributed by atoms with Crippen molar-refractivity contribution < 1.29 is 9.59 Å². The zero-order valence-electron chi connectivity index (χ0n) is 15.8. The Morgan fingerprint density at radius 1 is 1.03 bits per heavy atom. The van der Waals surface area contributed by atoms with E-state index >= 15 is 0 Å². The molecule has 1 saturated heterocycles. The van der Waals surface area contributed by atoms with E-state index < -0.39 is 6.04 Å². The summed E-state index contributed by atoms with van der Waals surface area (Å²) in [6.45, 7) is 3.22.